The molecule has 1 aliphatic heterocycles. The van der Waals surface area contributed by atoms with E-state index in [-0.39, 0.29) is 5.91 Å². The molecule has 0 aromatic heterocycles. The Labute approximate surface area is 101 Å². The molecule has 0 N–H and O–H groups in total. The summed E-state index contributed by atoms with van der Waals surface area (Å²) < 4.78 is 0. The second-order valence-electron chi connectivity index (χ2n) is 4.10. The van der Waals surface area contributed by atoms with Gasteiger partial charge in [-0.2, -0.15) is 5.26 Å². The van der Waals surface area contributed by atoms with Crippen molar-refractivity contribution in [2.75, 3.05) is 13.1 Å². The second-order valence-corrected chi connectivity index (χ2v) is 4.10. The molecule has 3 nitrogen and oxygen atoms in total. The second kappa shape index (κ2) is 5.31. The van der Waals surface area contributed by atoms with Crippen molar-refractivity contribution >= 4 is 12.0 Å². The number of nitrogens with zero attached hydrogens (tertiary/aromatic N) is 2. The van der Waals surface area contributed by atoms with E-state index < -0.39 is 0 Å². The van der Waals surface area contributed by atoms with Crippen molar-refractivity contribution < 1.29 is 4.79 Å². The molecule has 0 bridgehead atoms. The average Bonchev–Trinajstić information content (AvgIpc) is 2.90. The SMILES string of the molecule is N#Cc1ccc(C=CC(=O)N2CCCC2)cc1. The maximum atomic E-state index is 11.7. The zero-order chi connectivity index (χ0) is 12.1. The van der Waals surface area contributed by atoms with Crippen LogP contribution in [0, 0.1) is 11.3 Å². The van der Waals surface area contributed by atoms with E-state index >= 15 is 0 Å². The Kier molecular flexibility index (Phi) is 3.56. The van der Waals surface area contributed by atoms with E-state index in [1.807, 2.05) is 17.0 Å². The third kappa shape index (κ3) is 2.94. The quantitative estimate of drug-likeness (QED) is 0.725. The lowest BCUT2D eigenvalue weighted by Crippen LogP contribution is -2.25. The Balaban J connectivity index is 1.99. The van der Waals surface area contributed by atoms with Gasteiger partial charge in [-0.15, -0.1) is 0 Å². The molecule has 3 heteroatoms. The summed E-state index contributed by atoms with van der Waals surface area (Å²) in [5, 5.41) is 8.66. The summed E-state index contributed by atoms with van der Waals surface area (Å²) in [6.45, 7) is 1.74. The Bertz CT molecular complexity index is 462. The molecule has 1 aromatic carbocycles. The summed E-state index contributed by atoms with van der Waals surface area (Å²) in [6.07, 6.45) is 5.61. The number of carbonyl (C=O) groups is 1. The Hall–Kier alpha value is -2.08. The number of hydrogen-bond acceptors (Lipinski definition) is 2. The highest BCUT2D eigenvalue weighted by molar-refractivity contribution is 5.91. The molecule has 1 aliphatic rings. The first-order chi connectivity index (χ1) is 8.29. The maximum absolute atomic E-state index is 11.7. The van der Waals surface area contributed by atoms with Gasteiger partial charge in [0.15, 0.2) is 0 Å². The van der Waals surface area contributed by atoms with Gasteiger partial charge < -0.3 is 4.90 Å². The van der Waals surface area contributed by atoms with Gasteiger partial charge in [0, 0.05) is 19.2 Å². The van der Waals surface area contributed by atoms with Crippen LogP contribution in [0.4, 0.5) is 0 Å². The van der Waals surface area contributed by atoms with Crippen LogP contribution in [-0.2, 0) is 4.79 Å². The monoisotopic (exact) mass is 226 g/mol. The molecule has 17 heavy (non-hydrogen) atoms. The van der Waals surface area contributed by atoms with Gasteiger partial charge in [-0.1, -0.05) is 12.1 Å². The van der Waals surface area contributed by atoms with Gasteiger partial charge in [0.1, 0.15) is 0 Å². The van der Waals surface area contributed by atoms with Crippen LogP contribution in [-0.4, -0.2) is 23.9 Å². The number of benzene rings is 1. The molecule has 0 atom stereocenters. The molecule has 1 fully saturated rings. The van der Waals surface area contributed by atoms with E-state index in [1.165, 1.54) is 0 Å². The molecular weight excluding hydrogens is 212 g/mol. The normalized spacial score (nSPS) is 15.1. The van der Waals surface area contributed by atoms with Crippen molar-refractivity contribution in [3.05, 3.63) is 41.5 Å². The highest BCUT2D eigenvalue weighted by Crippen LogP contribution is 2.09. The van der Waals surface area contributed by atoms with Crippen LogP contribution in [0.25, 0.3) is 6.08 Å². The van der Waals surface area contributed by atoms with Gasteiger partial charge in [0.25, 0.3) is 0 Å². The predicted molar refractivity (Wildman–Crippen MR) is 66.0 cm³/mol. The molecule has 0 spiro atoms. The standard InChI is InChI=1S/C14H14N2O/c15-11-13-5-3-12(4-6-13)7-8-14(17)16-9-1-2-10-16/h3-8H,1-2,9-10H2. The summed E-state index contributed by atoms with van der Waals surface area (Å²) in [7, 11) is 0. The van der Waals surface area contributed by atoms with E-state index in [4.69, 9.17) is 5.26 Å². The number of likely N-dealkylation sites (tertiary alicyclic amines) is 1. The van der Waals surface area contributed by atoms with Crippen LogP contribution < -0.4 is 0 Å². The summed E-state index contributed by atoms with van der Waals surface area (Å²) in [6, 6.07) is 9.24. The smallest absolute Gasteiger partial charge is 0.246 e. The summed E-state index contributed by atoms with van der Waals surface area (Å²) in [5.74, 6) is 0.0758. The highest BCUT2D eigenvalue weighted by Gasteiger charge is 2.14. The van der Waals surface area contributed by atoms with E-state index in [2.05, 4.69) is 6.07 Å². The number of carbonyl (C=O) groups excluding carboxylic acids is 1. The van der Waals surface area contributed by atoms with Gasteiger partial charge in [0.05, 0.1) is 11.6 Å². The molecule has 1 aromatic rings. The van der Waals surface area contributed by atoms with E-state index in [0.29, 0.717) is 5.56 Å². The number of hydrogen-bond donors (Lipinski definition) is 0. The lowest BCUT2D eigenvalue weighted by Gasteiger charge is -2.11. The molecule has 1 heterocycles. The van der Waals surface area contributed by atoms with E-state index in [1.54, 1.807) is 24.3 Å². The lowest BCUT2D eigenvalue weighted by atomic mass is 10.1. The van der Waals surface area contributed by atoms with Crippen LogP contribution in [0.3, 0.4) is 0 Å². The Morgan fingerprint density at radius 2 is 1.88 bits per heavy atom. The molecule has 0 unspecified atom stereocenters. The first kappa shape index (κ1) is 11.4. The van der Waals surface area contributed by atoms with Gasteiger partial charge in [0.2, 0.25) is 5.91 Å². The molecular formula is C14H14N2O. The minimum absolute atomic E-state index is 0.0758. The fraction of sp³-hybridized carbons (Fsp3) is 0.286. The van der Waals surface area contributed by atoms with Crippen LogP contribution >= 0.6 is 0 Å². The molecule has 1 saturated heterocycles. The lowest BCUT2D eigenvalue weighted by molar-refractivity contribution is -0.124. The van der Waals surface area contributed by atoms with Crippen molar-refractivity contribution in [2.45, 2.75) is 12.8 Å². The van der Waals surface area contributed by atoms with Crippen molar-refractivity contribution in [3.63, 3.8) is 0 Å². The van der Waals surface area contributed by atoms with Crippen LogP contribution in [0.15, 0.2) is 30.3 Å². The fourth-order valence-electron chi connectivity index (χ4n) is 1.88. The van der Waals surface area contributed by atoms with Gasteiger partial charge in [-0.3, -0.25) is 4.79 Å². The third-order valence-corrected chi connectivity index (χ3v) is 2.88. The first-order valence-corrected chi connectivity index (χ1v) is 5.77. The predicted octanol–water partition coefficient (Wildman–Crippen LogP) is 2.19. The first-order valence-electron chi connectivity index (χ1n) is 5.77. The zero-order valence-electron chi connectivity index (χ0n) is 9.60. The summed E-state index contributed by atoms with van der Waals surface area (Å²) in [4.78, 5) is 13.6. The van der Waals surface area contributed by atoms with Crippen LogP contribution in [0.5, 0.6) is 0 Å². The maximum Gasteiger partial charge on any atom is 0.246 e. The van der Waals surface area contributed by atoms with Gasteiger partial charge >= 0.3 is 0 Å². The largest absolute Gasteiger partial charge is 0.339 e. The van der Waals surface area contributed by atoms with Gasteiger partial charge in [-0.05, 0) is 36.6 Å². The average molecular weight is 226 g/mol. The van der Waals surface area contributed by atoms with Crippen molar-refractivity contribution in [1.82, 2.24) is 4.90 Å². The molecule has 2 rings (SSSR count). The molecule has 0 radical (unpaired) electrons. The van der Waals surface area contributed by atoms with Crippen molar-refractivity contribution in [3.8, 4) is 6.07 Å². The minimum atomic E-state index is 0.0758. The highest BCUT2D eigenvalue weighted by atomic mass is 16.2. The summed E-state index contributed by atoms with van der Waals surface area (Å²) in [5.41, 5.74) is 1.57. The zero-order valence-corrected chi connectivity index (χ0v) is 9.60. The Morgan fingerprint density at radius 1 is 1.24 bits per heavy atom. The third-order valence-electron chi connectivity index (χ3n) is 2.88. The van der Waals surface area contributed by atoms with Crippen LogP contribution in [0.2, 0.25) is 0 Å². The molecule has 1 amide bonds. The molecule has 0 aliphatic carbocycles. The number of nitriles is 1. The Morgan fingerprint density at radius 3 is 2.47 bits per heavy atom. The number of rotatable bonds is 2. The summed E-state index contributed by atoms with van der Waals surface area (Å²) >= 11 is 0. The fourth-order valence-corrected chi connectivity index (χ4v) is 1.88. The van der Waals surface area contributed by atoms with E-state index in [9.17, 15) is 4.79 Å². The van der Waals surface area contributed by atoms with E-state index in [0.717, 1.165) is 31.5 Å². The topological polar surface area (TPSA) is 44.1 Å². The molecule has 0 saturated carbocycles. The number of amides is 1. The minimum Gasteiger partial charge on any atom is -0.339 e. The van der Waals surface area contributed by atoms with Gasteiger partial charge in [-0.25, -0.2) is 0 Å². The molecule has 86 valence electrons. The van der Waals surface area contributed by atoms with Crippen LogP contribution in [0.1, 0.15) is 24.0 Å². The van der Waals surface area contributed by atoms with Crippen molar-refractivity contribution in [2.24, 2.45) is 0 Å². The van der Waals surface area contributed by atoms with Crippen molar-refractivity contribution in [1.29, 1.82) is 5.26 Å².